The van der Waals surface area contributed by atoms with Crippen LogP contribution in [0.1, 0.15) is 21.6 Å². The molecule has 7 nitrogen and oxygen atoms in total. The Morgan fingerprint density at radius 3 is 2.78 bits per heavy atom. The lowest BCUT2D eigenvalue weighted by atomic mass is 10.1. The van der Waals surface area contributed by atoms with Gasteiger partial charge in [0.05, 0.1) is 5.69 Å². The maximum atomic E-state index is 12.5. The summed E-state index contributed by atoms with van der Waals surface area (Å²) >= 11 is 0. The molecular formula is C16H18N6O. The molecule has 1 amide bonds. The minimum Gasteiger partial charge on any atom is -0.326 e. The van der Waals surface area contributed by atoms with E-state index < -0.39 is 0 Å². The molecule has 0 saturated carbocycles. The molecule has 0 unspecified atom stereocenters. The van der Waals surface area contributed by atoms with Gasteiger partial charge in [-0.2, -0.15) is 10.2 Å². The van der Waals surface area contributed by atoms with Gasteiger partial charge in [0.1, 0.15) is 5.69 Å². The topological polar surface area (TPSA) is 102 Å². The summed E-state index contributed by atoms with van der Waals surface area (Å²) in [5.74, 6) is 0.181. The normalized spacial score (nSPS) is 10.7. The Hall–Kier alpha value is -2.93. The number of hydrogen-bond acceptors (Lipinski definition) is 4. The average Bonchev–Trinajstić information content (AvgIpc) is 3.10. The number of rotatable bonds is 4. The SMILES string of the molecule is Cc1c(-c2ccccc2)n[nH]c1C(=O)Nc1nn(C)cc1CN. The molecule has 0 aliphatic heterocycles. The number of amides is 1. The van der Waals surface area contributed by atoms with E-state index in [1.807, 2.05) is 37.3 Å². The minimum atomic E-state index is -0.286. The Morgan fingerprint density at radius 1 is 1.35 bits per heavy atom. The fourth-order valence-electron chi connectivity index (χ4n) is 2.46. The second-order valence-corrected chi connectivity index (χ2v) is 5.27. The molecule has 0 atom stereocenters. The number of H-pyrrole nitrogens is 1. The summed E-state index contributed by atoms with van der Waals surface area (Å²) in [5, 5.41) is 14.1. The van der Waals surface area contributed by atoms with Gasteiger partial charge in [-0.05, 0) is 6.92 Å². The number of nitrogens with one attached hydrogen (secondary N) is 2. The van der Waals surface area contributed by atoms with Gasteiger partial charge in [-0.15, -0.1) is 0 Å². The van der Waals surface area contributed by atoms with Gasteiger partial charge < -0.3 is 11.1 Å². The van der Waals surface area contributed by atoms with Gasteiger partial charge in [0.25, 0.3) is 5.91 Å². The summed E-state index contributed by atoms with van der Waals surface area (Å²) in [6.07, 6.45) is 1.78. The molecule has 118 valence electrons. The summed E-state index contributed by atoms with van der Waals surface area (Å²) in [5.41, 5.74) is 9.37. The van der Waals surface area contributed by atoms with Crippen LogP contribution in [0.15, 0.2) is 36.5 Å². The molecule has 7 heteroatoms. The first-order chi connectivity index (χ1) is 11.1. The molecule has 0 saturated heterocycles. The first-order valence-corrected chi connectivity index (χ1v) is 7.24. The van der Waals surface area contributed by atoms with E-state index in [2.05, 4.69) is 20.6 Å². The zero-order valence-electron chi connectivity index (χ0n) is 13.0. The van der Waals surface area contributed by atoms with Crippen LogP contribution in [0.4, 0.5) is 5.82 Å². The number of aromatic amines is 1. The number of carbonyl (C=O) groups excluding carboxylic acids is 1. The van der Waals surface area contributed by atoms with Crippen molar-refractivity contribution in [3.63, 3.8) is 0 Å². The largest absolute Gasteiger partial charge is 0.326 e. The van der Waals surface area contributed by atoms with E-state index in [1.54, 1.807) is 17.9 Å². The molecule has 0 spiro atoms. The fourth-order valence-corrected chi connectivity index (χ4v) is 2.46. The van der Waals surface area contributed by atoms with Crippen LogP contribution in [0.2, 0.25) is 0 Å². The lowest BCUT2D eigenvalue weighted by Crippen LogP contribution is -2.16. The Labute approximate surface area is 133 Å². The molecule has 1 aromatic carbocycles. The number of hydrogen-bond donors (Lipinski definition) is 3. The zero-order chi connectivity index (χ0) is 16.4. The Bertz CT molecular complexity index is 834. The van der Waals surface area contributed by atoms with Crippen molar-refractivity contribution in [2.24, 2.45) is 12.8 Å². The minimum absolute atomic E-state index is 0.286. The van der Waals surface area contributed by atoms with Crippen molar-refractivity contribution in [1.82, 2.24) is 20.0 Å². The van der Waals surface area contributed by atoms with Gasteiger partial charge in [-0.1, -0.05) is 30.3 Å². The standard InChI is InChI=1S/C16H18N6O/c1-10-13(11-6-4-3-5-7-11)19-20-14(10)16(23)18-15-12(8-17)9-22(2)21-15/h3-7,9H,8,17H2,1-2H3,(H,19,20)(H,18,21,23). The van der Waals surface area contributed by atoms with E-state index in [1.165, 1.54) is 0 Å². The van der Waals surface area contributed by atoms with E-state index in [4.69, 9.17) is 5.73 Å². The Morgan fingerprint density at radius 2 is 2.09 bits per heavy atom. The van der Waals surface area contributed by atoms with Crippen molar-refractivity contribution >= 4 is 11.7 Å². The average molecular weight is 310 g/mol. The summed E-state index contributed by atoms with van der Waals surface area (Å²) in [6.45, 7) is 2.17. The van der Waals surface area contributed by atoms with E-state index in [-0.39, 0.29) is 5.91 Å². The van der Waals surface area contributed by atoms with Crippen LogP contribution in [-0.4, -0.2) is 25.9 Å². The Kier molecular flexibility index (Phi) is 3.94. The highest BCUT2D eigenvalue weighted by molar-refractivity contribution is 6.04. The van der Waals surface area contributed by atoms with Crippen molar-refractivity contribution in [1.29, 1.82) is 0 Å². The number of aromatic nitrogens is 4. The maximum absolute atomic E-state index is 12.5. The molecule has 2 heterocycles. The van der Waals surface area contributed by atoms with Crippen molar-refractivity contribution in [3.05, 3.63) is 53.3 Å². The molecular weight excluding hydrogens is 292 g/mol. The molecule has 4 N–H and O–H groups in total. The smallest absolute Gasteiger partial charge is 0.275 e. The second kappa shape index (κ2) is 6.05. The van der Waals surface area contributed by atoms with Crippen molar-refractivity contribution in [3.8, 4) is 11.3 Å². The molecule has 3 rings (SSSR count). The van der Waals surface area contributed by atoms with E-state index >= 15 is 0 Å². The van der Waals surface area contributed by atoms with Gasteiger partial charge in [-0.25, -0.2) is 0 Å². The number of carbonyl (C=O) groups is 1. The van der Waals surface area contributed by atoms with Gasteiger partial charge >= 0.3 is 0 Å². The van der Waals surface area contributed by atoms with Crippen molar-refractivity contribution in [2.75, 3.05) is 5.32 Å². The van der Waals surface area contributed by atoms with Gasteiger partial charge in [0, 0.05) is 36.5 Å². The first-order valence-electron chi connectivity index (χ1n) is 7.24. The van der Waals surface area contributed by atoms with Crippen molar-refractivity contribution < 1.29 is 4.79 Å². The summed E-state index contributed by atoms with van der Waals surface area (Å²) in [7, 11) is 1.78. The number of aryl methyl sites for hydroxylation is 1. The number of nitrogens with two attached hydrogens (primary N) is 1. The number of anilines is 1. The molecule has 0 bridgehead atoms. The van der Waals surface area contributed by atoms with E-state index in [9.17, 15) is 4.79 Å². The quantitative estimate of drug-likeness (QED) is 0.684. The highest BCUT2D eigenvalue weighted by Gasteiger charge is 2.19. The highest BCUT2D eigenvalue weighted by atomic mass is 16.2. The third kappa shape index (κ3) is 2.86. The van der Waals surface area contributed by atoms with E-state index in [0.29, 0.717) is 18.1 Å². The molecule has 0 fully saturated rings. The molecule has 2 aromatic heterocycles. The van der Waals surface area contributed by atoms with Crippen LogP contribution in [0, 0.1) is 6.92 Å². The fraction of sp³-hybridized carbons (Fsp3) is 0.188. The monoisotopic (exact) mass is 310 g/mol. The number of nitrogens with zero attached hydrogens (tertiary/aromatic N) is 3. The van der Waals surface area contributed by atoms with Crippen LogP contribution in [0.25, 0.3) is 11.3 Å². The van der Waals surface area contributed by atoms with Crippen LogP contribution < -0.4 is 11.1 Å². The zero-order valence-corrected chi connectivity index (χ0v) is 13.0. The maximum Gasteiger partial charge on any atom is 0.275 e. The van der Waals surface area contributed by atoms with Crippen molar-refractivity contribution in [2.45, 2.75) is 13.5 Å². The van der Waals surface area contributed by atoms with E-state index in [0.717, 1.165) is 22.4 Å². The summed E-state index contributed by atoms with van der Waals surface area (Å²) in [4.78, 5) is 12.5. The lowest BCUT2D eigenvalue weighted by molar-refractivity contribution is 0.102. The first kappa shape index (κ1) is 15.0. The molecule has 3 aromatic rings. The predicted octanol–water partition coefficient (Wildman–Crippen LogP) is 1.83. The lowest BCUT2D eigenvalue weighted by Gasteiger charge is -2.03. The van der Waals surface area contributed by atoms with Gasteiger partial charge in [-0.3, -0.25) is 14.6 Å². The van der Waals surface area contributed by atoms with Gasteiger partial charge in [0.2, 0.25) is 0 Å². The van der Waals surface area contributed by atoms with Crippen LogP contribution in [0.3, 0.4) is 0 Å². The van der Waals surface area contributed by atoms with Crippen LogP contribution in [0.5, 0.6) is 0 Å². The molecule has 0 aliphatic carbocycles. The highest BCUT2D eigenvalue weighted by Crippen LogP contribution is 2.23. The number of benzene rings is 1. The Balaban J connectivity index is 1.88. The summed E-state index contributed by atoms with van der Waals surface area (Å²) < 4.78 is 1.62. The predicted molar refractivity (Wildman–Crippen MR) is 87.8 cm³/mol. The van der Waals surface area contributed by atoms with Crippen LogP contribution >= 0.6 is 0 Å². The summed E-state index contributed by atoms with van der Waals surface area (Å²) in [6, 6.07) is 9.72. The molecule has 23 heavy (non-hydrogen) atoms. The van der Waals surface area contributed by atoms with Crippen LogP contribution in [-0.2, 0) is 13.6 Å². The third-order valence-electron chi connectivity index (χ3n) is 3.64. The molecule has 0 radical (unpaired) electrons. The third-order valence-corrected chi connectivity index (χ3v) is 3.64. The van der Waals surface area contributed by atoms with Gasteiger partial charge in [0.15, 0.2) is 5.82 Å². The molecule has 0 aliphatic rings. The second-order valence-electron chi connectivity index (χ2n) is 5.27.